The molecule has 0 aliphatic rings. The van der Waals surface area contributed by atoms with E-state index in [0.29, 0.717) is 19.0 Å². The monoisotopic (exact) mass is 435 g/mol. The van der Waals surface area contributed by atoms with E-state index in [-0.39, 0.29) is 12.5 Å². The molecule has 8 heteroatoms. The van der Waals surface area contributed by atoms with E-state index in [1.165, 1.54) is 0 Å². The van der Waals surface area contributed by atoms with Gasteiger partial charge in [-0.05, 0) is 39.7 Å². The van der Waals surface area contributed by atoms with Crippen LogP contribution in [0.15, 0.2) is 46.0 Å². The molecule has 1 aromatic heterocycles. The van der Waals surface area contributed by atoms with E-state index in [2.05, 4.69) is 42.2 Å². The topological polar surface area (TPSA) is 70.9 Å². The first-order valence-corrected chi connectivity index (χ1v) is 9.34. The van der Waals surface area contributed by atoms with Crippen LogP contribution < -0.4 is 15.4 Å². The molecule has 0 bridgehead atoms. The van der Waals surface area contributed by atoms with Gasteiger partial charge in [-0.2, -0.15) is 0 Å². The van der Waals surface area contributed by atoms with Gasteiger partial charge in [-0.15, -0.1) is 0 Å². The van der Waals surface area contributed by atoms with Gasteiger partial charge in [-0.25, -0.2) is 0 Å². The highest BCUT2D eigenvalue weighted by atomic mass is 79.9. The minimum atomic E-state index is -0.0954. The van der Waals surface area contributed by atoms with Crippen molar-refractivity contribution in [2.24, 2.45) is 12.0 Å². The van der Waals surface area contributed by atoms with Gasteiger partial charge in [-0.1, -0.05) is 12.1 Å². The lowest BCUT2D eigenvalue weighted by atomic mass is 10.2. The fourth-order valence-corrected chi connectivity index (χ4v) is 3.16. The molecule has 0 saturated heterocycles. The molecule has 1 heterocycles. The minimum absolute atomic E-state index is 0.0954. The predicted molar refractivity (Wildman–Crippen MR) is 111 cm³/mol. The van der Waals surface area contributed by atoms with Crippen LogP contribution in [0.2, 0.25) is 0 Å². The highest BCUT2D eigenvalue weighted by molar-refractivity contribution is 9.10. The summed E-state index contributed by atoms with van der Waals surface area (Å²) in [5.74, 6) is 1.36. The first-order valence-electron chi connectivity index (χ1n) is 8.55. The van der Waals surface area contributed by atoms with Gasteiger partial charge < -0.3 is 24.8 Å². The van der Waals surface area contributed by atoms with Crippen LogP contribution in [-0.4, -0.2) is 49.1 Å². The number of halogens is 1. The molecular weight excluding hydrogens is 410 g/mol. The summed E-state index contributed by atoms with van der Waals surface area (Å²) in [7, 11) is 7.26. The molecule has 27 heavy (non-hydrogen) atoms. The zero-order chi connectivity index (χ0) is 19.8. The van der Waals surface area contributed by atoms with Crippen LogP contribution >= 0.6 is 15.9 Å². The third kappa shape index (κ3) is 6.32. The van der Waals surface area contributed by atoms with Crippen molar-refractivity contribution < 1.29 is 9.53 Å². The summed E-state index contributed by atoms with van der Waals surface area (Å²) in [5.41, 5.74) is 2.15. The Kier molecular flexibility index (Phi) is 7.72. The first kappa shape index (κ1) is 20.8. The molecule has 0 unspecified atom stereocenters. The largest absolute Gasteiger partial charge is 0.497 e. The summed E-state index contributed by atoms with van der Waals surface area (Å²) in [4.78, 5) is 18.3. The number of methoxy groups -OCH3 is 1. The third-order valence-electron chi connectivity index (χ3n) is 4.10. The molecule has 0 aliphatic carbocycles. The Morgan fingerprint density at radius 1 is 1.30 bits per heavy atom. The van der Waals surface area contributed by atoms with Gasteiger partial charge in [0.2, 0.25) is 5.91 Å². The highest BCUT2D eigenvalue weighted by Gasteiger charge is 2.11. The number of hydrogen-bond donors (Lipinski definition) is 2. The van der Waals surface area contributed by atoms with Crippen molar-refractivity contribution >= 4 is 27.8 Å². The molecule has 0 aliphatic heterocycles. The second-order valence-corrected chi connectivity index (χ2v) is 7.06. The molecular formula is C19H26BrN5O2. The Bertz CT molecular complexity index is 786. The number of carbonyl (C=O) groups is 1. The second kappa shape index (κ2) is 10.0. The molecule has 0 atom stereocenters. The van der Waals surface area contributed by atoms with Gasteiger partial charge in [0.05, 0.1) is 20.2 Å². The lowest BCUT2D eigenvalue weighted by Crippen LogP contribution is -2.43. The number of nitrogens with one attached hydrogen (secondary N) is 2. The van der Waals surface area contributed by atoms with Gasteiger partial charge in [0, 0.05) is 44.1 Å². The van der Waals surface area contributed by atoms with E-state index in [4.69, 9.17) is 4.74 Å². The standard InChI is InChI=1S/C19H26BrN5O2/c1-21-19(25(3)13-16-9-15(20)12-24(16)2)23-11-18(26)22-10-14-5-7-17(27-4)8-6-14/h5-9,12H,10-11,13H2,1-4H3,(H,21,23)(H,22,26). The Balaban J connectivity index is 1.80. The van der Waals surface area contributed by atoms with E-state index in [1.807, 2.05) is 49.5 Å². The van der Waals surface area contributed by atoms with Crippen molar-refractivity contribution in [2.45, 2.75) is 13.1 Å². The van der Waals surface area contributed by atoms with E-state index in [0.717, 1.165) is 21.5 Å². The molecule has 0 spiro atoms. The normalized spacial score (nSPS) is 11.2. The Labute approximate surface area is 168 Å². The molecule has 146 valence electrons. The number of rotatable bonds is 7. The average Bonchev–Trinajstić information content (AvgIpc) is 2.97. The first-order chi connectivity index (χ1) is 12.9. The van der Waals surface area contributed by atoms with Crippen molar-refractivity contribution in [3.8, 4) is 5.75 Å². The highest BCUT2D eigenvalue weighted by Crippen LogP contribution is 2.15. The van der Waals surface area contributed by atoms with Gasteiger partial charge in [-0.3, -0.25) is 9.79 Å². The average molecular weight is 436 g/mol. The van der Waals surface area contributed by atoms with Gasteiger partial charge in [0.1, 0.15) is 5.75 Å². The summed E-state index contributed by atoms with van der Waals surface area (Å²) in [6.45, 7) is 1.30. The van der Waals surface area contributed by atoms with Crippen LogP contribution in [0.4, 0.5) is 0 Å². The SMILES string of the molecule is CN=C(NCC(=O)NCc1ccc(OC)cc1)N(C)Cc1cc(Br)cn1C. The Hall–Kier alpha value is -2.48. The number of hydrogen-bond acceptors (Lipinski definition) is 3. The van der Waals surface area contributed by atoms with Crippen LogP contribution in [0, 0.1) is 0 Å². The summed E-state index contributed by atoms with van der Waals surface area (Å²) in [6, 6.07) is 9.66. The van der Waals surface area contributed by atoms with Gasteiger partial charge in [0.15, 0.2) is 5.96 Å². The van der Waals surface area contributed by atoms with Crippen molar-refractivity contribution in [3.63, 3.8) is 0 Å². The predicted octanol–water partition coefficient (Wildman–Crippen LogP) is 2.12. The van der Waals surface area contributed by atoms with Crippen molar-refractivity contribution in [2.75, 3.05) is 27.7 Å². The lowest BCUT2D eigenvalue weighted by Gasteiger charge is -2.22. The van der Waals surface area contributed by atoms with Crippen LogP contribution in [-0.2, 0) is 24.9 Å². The minimum Gasteiger partial charge on any atom is -0.497 e. The summed E-state index contributed by atoms with van der Waals surface area (Å²) in [6.07, 6.45) is 2.01. The maximum atomic E-state index is 12.1. The summed E-state index contributed by atoms with van der Waals surface area (Å²) < 4.78 is 8.21. The Morgan fingerprint density at radius 2 is 2.00 bits per heavy atom. The quantitative estimate of drug-likeness (QED) is 0.516. The molecule has 0 saturated carbocycles. The van der Waals surface area contributed by atoms with E-state index in [9.17, 15) is 4.79 Å². The molecule has 0 fully saturated rings. The van der Waals surface area contributed by atoms with Crippen molar-refractivity contribution in [3.05, 3.63) is 52.3 Å². The van der Waals surface area contributed by atoms with E-state index >= 15 is 0 Å². The fourth-order valence-electron chi connectivity index (χ4n) is 2.59. The number of amides is 1. The smallest absolute Gasteiger partial charge is 0.239 e. The fraction of sp³-hybridized carbons (Fsp3) is 0.368. The molecule has 2 aromatic rings. The molecule has 1 aromatic carbocycles. The number of ether oxygens (including phenoxy) is 1. The van der Waals surface area contributed by atoms with Gasteiger partial charge >= 0.3 is 0 Å². The number of benzene rings is 1. The van der Waals surface area contributed by atoms with E-state index < -0.39 is 0 Å². The number of aryl methyl sites for hydroxylation is 1. The number of aliphatic imine (C=N–C) groups is 1. The maximum absolute atomic E-state index is 12.1. The van der Waals surface area contributed by atoms with Crippen LogP contribution in [0.1, 0.15) is 11.3 Å². The van der Waals surface area contributed by atoms with E-state index in [1.54, 1.807) is 14.2 Å². The second-order valence-electron chi connectivity index (χ2n) is 6.14. The summed E-state index contributed by atoms with van der Waals surface area (Å²) in [5, 5.41) is 5.98. The summed E-state index contributed by atoms with van der Waals surface area (Å²) >= 11 is 3.48. The van der Waals surface area contributed by atoms with Crippen molar-refractivity contribution in [1.29, 1.82) is 0 Å². The molecule has 7 nitrogen and oxygen atoms in total. The molecule has 2 N–H and O–H groups in total. The zero-order valence-electron chi connectivity index (χ0n) is 16.1. The number of nitrogens with zero attached hydrogens (tertiary/aromatic N) is 3. The number of guanidine groups is 1. The molecule has 0 radical (unpaired) electrons. The molecule has 2 rings (SSSR count). The molecule has 1 amide bonds. The van der Waals surface area contributed by atoms with Crippen molar-refractivity contribution in [1.82, 2.24) is 20.1 Å². The maximum Gasteiger partial charge on any atom is 0.239 e. The zero-order valence-corrected chi connectivity index (χ0v) is 17.7. The third-order valence-corrected chi connectivity index (χ3v) is 4.54. The Morgan fingerprint density at radius 3 is 2.56 bits per heavy atom. The van der Waals surface area contributed by atoms with Crippen LogP contribution in [0.3, 0.4) is 0 Å². The number of aromatic nitrogens is 1. The number of carbonyl (C=O) groups excluding carboxylic acids is 1. The van der Waals surface area contributed by atoms with Crippen LogP contribution in [0.25, 0.3) is 0 Å². The van der Waals surface area contributed by atoms with Crippen LogP contribution in [0.5, 0.6) is 5.75 Å². The lowest BCUT2D eigenvalue weighted by molar-refractivity contribution is -0.120. The van der Waals surface area contributed by atoms with Gasteiger partial charge in [0.25, 0.3) is 0 Å².